The molecule has 0 saturated heterocycles. The second kappa shape index (κ2) is 7.25. The lowest BCUT2D eigenvalue weighted by Gasteiger charge is -2.38. The summed E-state index contributed by atoms with van der Waals surface area (Å²) in [6.07, 6.45) is 2.97. The van der Waals surface area contributed by atoms with E-state index in [0.717, 1.165) is 19.3 Å². The van der Waals surface area contributed by atoms with Gasteiger partial charge in [0.15, 0.2) is 0 Å². The Bertz CT molecular complexity index is 375. The minimum absolute atomic E-state index is 0.203. The third-order valence-corrected chi connectivity index (χ3v) is 4.17. The summed E-state index contributed by atoms with van der Waals surface area (Å²) in [6, 6.07) is -0.203. The molecule has 122 valence electrons. The molecule has 1 saturated carbocycles. The summed E-state index contributed by atoms with van der Waals surface area (Å²) in [5.74, 6) is -1.57. The van der Waals surface area contributed by atoms with Crippen LogP contribution in [0, 0.1) is 11.3 Å². The van der Waals surface area contributed by atoms with E-state index in [9.17, 15) is 14.7 Å². The van der Waals surface area contributed by atoms with Gasteiger partial charge in [-0.05, 0) is 25.2 Å². The molecule has 0 aromatic carbocycles. The highest BCUT2D eigenvalue weighted by atomic mass is 16.5. The Balaban J connectivity index is 2.91. The van der Waals surface area contributed by atoms with Crippen LogP contribution in [0.3, 0.4) is 0 Å². The molecule has 3 unspecified atom stereocenters. The van der Waals surface area contributed by atoms with Gasteiger partial charge in [0, 0.05) is 7.05 Å². The number of carbonyl (C=O) groups excluding carboxylic acids is 2. The molecule has 1 rings (SSSR count). The molecule has 1 N–H and O–H groups in total. The molecule has 3 atom stereocenters. The summed E-state index contributed by atoms with van der Waals surface area (Å²) < 4.78 is 5.07. The largest absolute Gasteiger partial charge is 0.465 e. The number of likely N-dealkylation sites (N-methyl/N-ethyl adjacent to an activating group) is 1. The van der Waals surface area contributed by atoms with E-state index in [4.69, 9.17) is 4.74 Å². The predicted octanol–water partition coefficient (Wildman–Crippen LogP) is 1.97. The molecule has 5 heteroatoms. The minimum atomic E-state index is -0.837. The third-order valence-electron chi connectivity index (χ3n) is 4.17. The second-order valence-corrected chi connectivity index (χ2v) is 6.92. The predicted molar refractivity (Wildman–Crippen MR) is 80.6 cm³/mol. The van der Waals surface area contributed by atoms with Crippen LogP contribution in [0.1, 0.15) is 53.4 Å². The van der Waals surface area contributed by atoms with Gasteiger partial charge in [0.1, 0.15) is 5.92 Å². The normalized spacial score (nSPS) is 24.3. The lowest BCUT2D eigenvalue weighted by molar-refractivity contribution is -0.162. The van der Waals surface area contributed by atoms with Gasteiger partial charge in [-0.25, -0.2) is 0 Å². The number of hydrogen-bond donors (Lipinski definition) is 1. The van der Waals surface area contributed by atoms with Crippen molar-refractivity contribution in [2.75, 3.05) is 13.7 Å². The van der Waals surface area contributed by atoms with E-state index in [-0.39, 0.29) is 18.6 Å². The van der Waals surface area contributed by atoms with Gasteiger partial charge >= 0.3 is 5.97 Å². The molecule has 0 heterocycles. The maximum Gasteiger partial charge on any atom is 0.319 e. The van der Waals surface area contributed by atoms with Crippen molar-refractivity contribution in [1.82, 2.24) is 4.90 Å². The van der Waals surface area contributed by atoms with Crippen molar-refractivity contribution in [2.45, 2.75) is 65.5 Å². The fourth-order valence-corrected chi connectivity index (χ4v) is 2.96. The van der Waals surface area contributed by atoms with Gasteiger partial charge in [-0.1, -0.05) is 33.6 Å². The van der Waals surface area contributed by atoms with Gasteiger partial charge in [-0.3, -0.25) is 9.59 Å². The number of hydrogen-bond acceptors (Lipinski definition) is 4. The molecule has 21 heavy (non-hydrogen) atoms. The molecule has 0 aromatic rings. The number of aliphatic hydroxyl groups is 1. The molecule has 5 nitrogen and oxygen atoms in total. The van der Waals surface area contributed by atoms with E-state index < -0.39 is 23.4 Å². The van der Waals surface area contributed by atoms with Crippen molar-refractivity contribution in [3.63, 3.8) is 0 Å². The zero-order valence-corrected chi connectivity index (χ0v) is 13.9. The first-order valence-corrected chi connectivity index (χ1v) is 7.81. The van der Waals surface area contributed by atoms with E-state index >= 15 is 0 Å². The highest BCUT2D eigenvalue weighted by molar-refractivity contribution is 5.98. The molecule has 0 aromatic heterocycles. The molecule has 0 spiro atoms. The molecule has 1 amide bonds. The first kappa shape index (κ1) is 18.0. The monoisotopic (exact) mass is 299 g/mol. The second-order valence-electron chi connectivity index (χ2n) is 6.92. The number of nitrogens with zero attached hydrogens (tertiary/aromatic N) is 1. The van der Waals surface area contributed by atoms with Crippen molar-refractivity contribution >= 4 is 11.9 Å². The van der Waals surface area contributed by atoms with Crippen LogP contribution >= 0.6 is 0 Å². The lowest BCUT2D eigenvalue weighted by atomic mass is 9.79. The number of amides is 1. The SMILES string of the molecule is CCOC(=O)C(C(=O)N(C)C1CCCCC1O)C(C)(C)C. The van der Waals surface area contributed by atoms with Crippen LogP contribution in [0.2, 0.25) is 0 Å². The van der Waals surface area contributed by atoms with E-state index in [2.05, 4.69) is 0 Å². The standard InChI is InChI=1S/C16H29NO4/c1-6-21-15(20)13(16(2,3)4)14(19)17(5)11-9-7-8-10-12(11)18/h11-13,18H,6-10H2,1-5H3. The van der Waals surface area contributed by atoms with Gasteiger partial charge in [0.25, 0.3) is 0 Å². The smallest absolute Gasteiger partial charge is 0.319 e. The number of aliphatic hydroxyl groups excluding tert-OH is 1. The van der Waals surface area contributed by atoms with Gasteiger partial charge in [-0.15, -0.1) is 0 Å². The van der Waals surface area contributed by atoms with Crippen molar-refractivity contribution < 1.29 is 19.4 Å². The summed E-state index contributed by atoms with van der Waals surface area (Å²) in [5.41, 5.74) is -0.517. The van der Waals surface area contributed by atoms with E-state index in [1.54, 1.807) is 18.9 Å². The summed E-state index contributed by atoms with van der Waals surface area (Å²) in [7, 11) is 1.68. The third kappa shape index (κ3) is 4.43. The van der Waals surface area contributed by atoms with Crippen LogP contribution in [0.25, 0.3) is 0 Å². The van der Waals surface area contributed by atoms with Crippen LogP contribution < -0.4 is 0 Å². The summed E-state index contributed by atoms with van der Waals surface area (Å²) in [5, 5.41) is 10.1. The molecule has 1 fully saturated rings. The Kier molecular flexibility index (Phi) is 6.20. The van der Waals surface area contributed by atoms with Crippen LogP contribution in [-0.2, 0) is 14.3 Å². The maximum atomic E-state index is 12.8. The van der Waals surface area contributed by atoms with E-state index in [1.807, 2.05) is 20.8 Å². The molecule has 0 bridgehead atoms. The Morgan fingerprint density at radius 2 is 1.86 bits per heavy atom. The number of esters is 1. The zero-order valence-electron chi connectivity index (χ0n) is 13.9. The first-order chi connectivity index (χ1) is 9.70. The van der Waals surface area contributed by atoms with Gasteiger partial charge < -0.3 is 14.7 Å². The molecular weight excluding hydrogens is 270 g/mol. The van der Waals surface area contributed by atoms with E-state index in [1.165, 1.54) is 0 Å². The Morgan fingerprint density at radius 3 is 2.33 bits per heavy atom. The molecule has 1 aliphatic rings. The van der Waals surface area contributed by atoms with E-state index in [0.29, 0.717) is 6.42 Å². The fraction of sp³-hybridized carbons (Fsp3) is 0.875. The minimum Gasteiger partial charge on any atom is -0.465 e. The molecule has 0 aliphatic heterocycles. The summed E-state index contributed by atoms with van der Waals surface area (Å²) in [6.45, 7) is 7.57. The quantitative estimate of drug-likeness (QED) is 0.636. The number of rotatable bonds is 4. The van der Waals surface area contributed by atoms with Crippen molar-refractivity contribution in [2.24, 2.45) is 11.3 Å². The van der Waals surface area contributed by atoms with Crippen molar-refractivity contribution in [3.05, 3.63) is 0 Å². The van der Waals surface area contributed by atoms with Gasteiger partial charge in [0.2, 0.25) is 5.91 Å². The van der Waals surface area contributed by atoms with Crippen LogP contribution in [-0.4, -0.2) is 47.7 Å². The fourth-order valence-electron chi connectivity index (χ4n) is 2.96. The highest BCUT2D eigenvalue weighted by Crippen LogP contribution is 2.31. The molecule has 0 radical (unpaired) electrons. The van der Waals surface area contributed by atoms with Gasteiger partial charge in [0.05, 0.1) is 18.8 Å². The lowest BCUT2D eigenvalue weighted by Crippen LogP contribution is -2.52. The highest BCUT2D eigenvalue weighted by Gasteiger charge is 2.43. The van der Waals surface area contributed by atoms with Gasteiger partial charge in [-0.2, -0.15) is 0 Å². The Labute approximate surface area is 127 Å². The number of ether oxygens (including phenoxy) is 1. The molecule has 1 aliphatic carbocycles. The van der Waals surface area contributed by atoms with Crippen LogP contribution in [0.5, 0.6) is 0 Å². The van der Waals surface area contributed by atoms with Crippen molar-refractivity contribution in [3.8, 4) is 0 Å². The maximum absolute atomic E-state index is 12.8. The Morgan fingerprint density at radius 1 is 1.29 bits per heavy atom. The average molecular weight is 299 g/mol. The summed E-state index contributed by atoms with van der Waals surface area (Å²) in [4.78, 5) is 26.5. The Hall–Kier alpha value is -1.10. The first-order valence-electron chi connectivity index (χ1n) is 7.81. The van der Waals surface area contributed by atoms with Crippen LogP contribution in [0.15, 0.2) is 0 Å². The van der Waals surface area contributed by atoms with Crippen molar-refractivity contribution in [1.29, 1.82) is 0 Å². The zero-order chi connectivity index (χ0) is 16.2. The number of carbonyl (C=O) groups is 2. The topological polar surface area (TPSA) is 66.8 Å². The molecular formula is C16H29NO4. The summed E-state index contributed by atoms with van der Waals surface area (Å²) >= 11 is 0. The van der Waals surface area contributed by atoms with Crippen LogP contribution in [0.4, 0.5) is 0 Å². The average Bonchev–Trinajstić information content (AvgIpc) is 2.37.